The fourth-order valence-corrected chi connectivity index (χ4v) is 2.64. The van der Waals surface area contributed by atoms with Crippen molar-refractivity contribution in [3.63, 3.8) is 0 Å². The first-order chi connectivity index (χ1) is 11.9. The fraction of sp³-hybridized carbons (Fsp3) is 0.350. The molecule has 134 valence electrons. The molecule has 1 amide bonds. The van der Waals surface area contributed by atoms with Crippen LogP contribution in [-0.2, 0) is 13.1 Å². The first kappa shape index (κ1) is 19.3. The maximum Gasteiger partial charge on any atom is 0.255 e. The van der Waals surface area contributed by atoms with Gasteiger partial charge < -0.3 is 10.1 Å². The molecule has 2 rings (SSSR count). The Balaban J connectivity index is 2.11. The van der Waals surface area contributed by atoms with Gasteiger partial charge in [-0.05, 0) is 50.2 Å². The summed E-state index contributed by atoms with van der Waals surface area (Å²) in [5, 5.41) is 3.47. The Morgan fingerprint density at radius 3 is 2.52 bits per heavy atom. The number of nitrogens with one attached hydrogen (secondary N) is 1. The van der Waals surface area contributed by atoms with Crippen molar-refractivity contribution in [3.8, 4) is 5.75 Å². The van der Waals surface area contributed by atoms with Gasteiger partial charge in [0.25, 0.3) is 5.91 Å². The number of carbonyl (C=O) groups excluding carboxylic acids is 1. The minimum Gasteiger partial charge on any atom is -0.496 e. The molecule has 0 bridgehead atoms. The quantitative estimate of drug-likeness (QED) is 0.807. The molecule has 0 aliphatic heterocycles. The fourth-order valence-electron chi connectivity index (χ4n) is 2.46. The number of methoxy groups -OCH3 is 1. The average molecular weight is 361 g/mol. The van der Waals surface area contributed by atoms with Gasteiger partial charge in [0, 0.05) is 24.2 Å². The monoisotopic (exact) mass is 360 g/mol. The molecule has 0 atom stereocenters. The van der Waals surface area contributed by atoms with Crippen LogP contribution in [0.25, 0.3) is 0 Å². The predicted molar refractivity (Wildman–Crippen MR) is 102 cm³/mol. The molecule has 2 aromatic carbocycles. The van der Waals surface area contributed by atoms with Crippen molar-refractivity contribution in [2.24, 2.45) is 0 Å². The van der Waals surface area contributed by atoms with Gasteiger partial charge in [-0.25, -0.2) is 0 Å². The Bertz CT molecular complexity index is 731. The lowest BCUT2D eigenvalue weighted by Crippen LogP contribution is -2.28. The van der Waals surface area contributed by atoms with Crippen LogP contribution < -0.4 is 10.1 Å². The molecule has 2 aromatic rings. The lowest BCUT2D eigenvalue weighted by molar-refractivity contribution is 0.0947. The Morgan fingerprint density at radius 2 is 1.88 bits per heavy atom. The molecular formula is C20H25ClN2O2. The van der Waals surface area contributed by atoms with Crippen LogP contribution in [0.1, 0.15) is 35.3 Å². The van der Waals surface area contributed by atoms with Crippen molar-refractivity contribution in [1.29, 1.82) is 0 Å². The molecule has 25 heavy (non-hydrogen) atoms. The summed E-state index contributed by atoms with van der Waals surface area (Å²) in [6.07, 6.45) is 0. The van der Waals surface area contributed by atoms with Gasteiger partial charge in [0.1, 0.15) is 5.75 Å². The lowest BCUT2D eigenvalue weighted by atomic mass is 10.1. The number of rotatable bonds is 7. The van der Waals surface area contributed by atoms with Crippen LogP contribution in [0.15, 0.2) is 42.5 Å². The van der Waals surface area contributed by atoms with Gasteiger partial charge in [-0.2, -0.15) is 0 Å². The van der Waals surface area contributed by atoms with Crippen molar-refractivity contribution in [1.82, 2.24) is 10.2 Å². The highest BCUT2D eigenvalue weighted by Gasteiger charge is 2.14. The molecule has 4 nitrogen and oxygen atoms in total. The summed E-state index contributed by atoms with van der Waals surface area (Å²) in [6, 6.07) is 13.6. The first-order valence-electron chi connectivity index (χ1n) is 8.31. The van der Waals surface area contributed by atoms with Crippen molar-refractivity contribution >= 4 is 17.5 Å². The van der Waals surface area contributed by atoms with Gasteiger partial charge in [0.2, 0.25) is 0 Å². The van der Waals surface area contributed by atoms with Crippen LogP contribution >= 0.6 is 11.6 Å². The van der Waals surface area contributed by atoms with E-state index in [1.54, 1.807) is 18.2 Å². The van der Waals surface area contributed by atoms with Gasteiger partial charge in [-0.15, -0.1) is 0 Å². The molecule has 0 heterocycles. The zero-order chi connectivity index (χ0) is 18.4. The Hall–Kier alpha value is -2.04. The lowest BCUT2D eigenvalue weighted by Gasteiger charge is -2.22. The van der Waals surface area contributed by atoms with E-state index in [-0.39, 0.29) is 5.91 Å². The predicted octanol–water partition coefficient (Wildman–Crippen LogP) is 4.12. The molecule has 0 saturated carbocycles. The average Bonchev–Trinajstić information content (AvgIpc) is 2.60. The van der Waals surface area contributed by atoms with Crippen LogP contribution in [0.5, 0.6) is 5.75 Å². The second kappa shape index (κ2) is 8.88. The zero-order valence-corrected chi connectivity index (χ0v) is 15.9. The highest BCUT2D eigenvalue weighted by atomic mass is 35.5. The van der Waals surface area contributed by atoms with Crippen molar-refractivity contribution < 1.29 is 9.53 Å². The Labute approximate surface area is 154 Å². The molecule has 0 aliphatic carbocycles. The summed E-state index contributed by atoms with van der Waals surface area (Å²) in [6.45, 7) is 5.62. The summed E-state index contributed by atoms with van der Waals surface area (Å²) in [5.41, 5.74) is 2.74. The van der Waals surface area contributed by atoms with E-state index in [1.165, 1.54) is 12.7 Å². The van der Waals surface area contributed by atoms with E-state index in [4.69, 9.17) is 16.3 Å². The summed E-state index contributed by atoms with van der Waals surface area (Å²) in [5.74, 6) is 0.307. The molecule has 0 fully saturated rings. The number of hydrogen-bond acceptors (Lipinski definition) is 3. The smallest absolute Gasteiger partial charge is 0.255 e. The van der Waals surface area contributed by atoms with Crippen LogP contribution in [0.3, 0.4) is 0 Å². The van der Waals surface area contributed by atoms with Gasteiger partial charge >= 0.3 is 0 Å². The molecule has 0 aromatic heterocycles. The number of nitrogens with zero attached hydrogens (tertiary/aromatic N) is 1. The van der Waals surface area contributed by atoms with E-state index in [0.29, 0.717) is 28.9 Å². The maximum atomic E-state index is 12.5. The first-order valence-corrected chi connectivity index (χ1v) is 8.69. The number of carbonyl (C=O) groups is 1. The molecule has 0 aliphatic rings. The topological polar surface area (TPSA) is 41.6 Å². The van der Waals surface area contributed by atoms with E-state index in [1.807, 2.05) is 18.2 Å². The standard InChI is InChI=1S/C20H25ClN2O2/c1-14(2)23(3)13-16-8-6-5-7-15(16)12-22-20(24)18-11-17(21)9-10-19(18)25-4/h5-11,14H,12-13H2,1-4H3,(H,22,24). The summed E-state index contributed by atoms with van der Waals surface area (Å²) in [7, 11) is 3.63. The minimum atomic E-state index is -0.202. The SMILES string of the molecule is COc1ccc(Cl)cc1C(=O)NCc1ccccc1CN(C)C(C)C. The maximum absolute atomic E-state index is 12.5. The van der Waals surface area contributed by atoms with Crippen LogP contribution in [0.4, 0.5) is 0 Å². The summed E-state index contributed by atoms with van der Waals surface area (Å²) < 4.78 is 5.25. The summed E-state index contributed by atoms with van der Waals surface area (Å²) >= 11 is 6.01. The van der Waals surface area contributed by atoms with Crippen LogP contribution in [0.2, 0.25) is 5.02 Å². The van der Waals surface area contributed by atoms with E-state index >= 15 is 0 Å². The molecular weight excluding hydrogens is 336 g/mol. The number of ether oxygens (including phenoxy) is 1. The number of benzene rings is 2. The van der Waals surface area contributed by atoms with Crippen LogP contribution in [-0.4, -0.2) is 31.0 Å². The van der Waals surface area contributed by atoms with Gasteiger partial charge in [-0.3, -0.25) is 9.69 Å². The van der Waals surface area contributed by atoms with Crippen molar-refractivity contribution in [3.05, 3.63) is 64.2 Å². The van der Waals surface area contributed by atoms with E-state index in [0.717, 1.165) is 12.1 Å². The van der Waals surface area contributed by atoms with Crippen molar-refractivity contribution in [2.75, 3.05) is 14.2 Å². The number of amides is 1. The largest absolute Gasteiger partial charge is 0.496 e. The molecule has 5 heteroatoms. The molecule has 0 spiro atoms. The Kier molecular flexibility index (Phi) is 6.85. The highest BCUT2D eigenvalue weighted by molar-refractivity contribution is 6.31. The number of halogens is 1. The van der Waals surface area contributed by atoms with Crippen molar-refractivity contribution in [2.45, 2.75) is 33.0 Å². The molecule has 0 unspecified atom stereocenters. The third kappa shape index (κ3) is 5.21. The highest BCUT2D eigenvalue weighted by Crippen LogP contribution is 2.22. The third-order valence-corrected chi connectivity index (χ3v) is 4.50. The van der Waals surface area contributed by atoms with E-state index < -0.39 is 0 Å². The van der Waals surface area contributed by atoms with Gasteiger partial charge in [0.15, 0.2) is 0 Å². The molecule has 0 saturated heterocycles. The van der Waals surface area contributed by atoms with Gasteiger partial charge in [0.05, 0.1) is 12.7 Å². The van der Waals surface area contributed by atoms with E-state index in [2.05, 4.69) is 37.2 Å². The number of hydrogen-bond donors (Lipinski definition) is 1. The second-order valence-electron chi connectivity index (χ2n) is 6.30. The third-order valence-electron chi connectivity index (χ3n) is 4.27. The molecule has 1 N–H and O–H groups in total. The normalized spacial score (nSPS) is 11.0. The van der Waals surface area contributed by atoms with E-state index in [9.17, 15) is 4.79 Å². The summed E-state index contributed by atoms with van der Waals surface area (Å²) in [4.78, 5) is 14.8. The van der Waals surface area contributed by atoms with Gasteiger partial charge in [-0.1, -0.05) is 35.9 Å². The van der Waals surface area contributed by atoms with Crippen LogP contribution in [0, 0.1) is 0 Å². The molecule has 0 radical (unpaired) electrons. The second-order valence-corrected chi connectivity index (χ2v) is 6.74. The Morgan fingerprint density at radius 1 is 1.20 bits per heavy atom. The minimum absolute atomic E-state index is 0.202. The zero-order valence-electron chi connectivity index (χ0n) is 15.2.